The number of benzene rings is 1. The Kier molecular flexibility index (Phi) is 7.64. The molecule has 1 fully saturated rings. The largest absolute Gasteiger partial charge is 0.488 e. The van der Waals surface area contributed by atoms with Crippen molar-refractivity contribution in [3.05, 3.63) is 41.9 Å². The molecule has 9 nitrogen and oxygen atoms in total. The summed E-state index contributed by atoms with van der Waals surface area (Å²) in [6, 6.07) is 7.98. The highest BCUT2D eigenvalue weighted by Gasteiger charge is 2.27. The van der Waals surface area contributed by atoms with E-state index in [0.29, 0.717) is 19.4 Å². The van der Waals surface area contributed by atoms with E-state index in [1.165, 1.54) is 19.1 Å². The number of rotatable bonds is 10. The molecule has 1 atom stereocenters. The standard InChI is InChI=1S/C27H35N5O4S/c1-37(34,35)14-6-13-28-24(33)16-18-11-12-21-20(15-18)25-26(31-21)29-17-30-27(25)32-22-9-4-5-10-23(22)36-19-7-2-3-8-19/h4-5,9-10,17-19H,2-3,6-8,11-16H2,1H3,(H,28,33)(H2,29,30,31,32). The number of anilines is 2. The van der Waals surface area contributed by atoms with Gasteiger partial charge in [0.1, 0.15) is 33.4 Å². The minimum atomic E-state index is -3.01. The van der Waals surface area contributed by atoms with E-state index in [1.807, 2.05) is 24.3 Å². The van der Waals surface area contributed by atoms with Gasteiger partial charge in [-0.25, -0.2) is 18.4 Å². The molecule has 1 aromatic carbocycles. The number of amides is 1. The Morgan fingerprint density at radius 3 is 2.78 bits per heavy atom. The average Bonchev–Trinajstić information content (AvgIpc) is 3.50. The van der Waals surface area contributed by atoms with Crippen LogP contribution in [0.2, 0.25) is 0 Å². The van der Waals surface area contributed by atoms with Crippen LogP contribution in [0.5, 0.6) is 5.75 Å². The average molecular weight is 526 g/mol. The summed E-state index contributed by atoms with van der Waals surface area (Å²) in [4.78, 5) is 25.1. The van der Waals surface area contributed by atoms with Crippen molar-refractivity contribution < 1.29 is 17.9 Å². The summed E-state index contributed by atoms with van der Waals surface area (Å²) in [5.41, 5.74) is 3.99. The molecule has 5 rings (SSSR count). The van der Waals surface area contributed by atoms with Gasteiger partial charge in [0.25, 0.3) is 0 Å². The Balaban J connectivity index is 1.29. The van der Waals surface area contributed by atoms with E-state index in [-0.39, 0.29) is 23.7 Å². The summed E-state index contributed by atoms with van der Waals surface area (Å²) >= 11 is 0. The first-order chi connectivity index (χ1) is 17.9. The van der Waals surface area contributed by atoms with E-state index < -0.39 is 9.84 Å². The number of aromatic nitrogens is 3. The van der Waals surface area contributed by atoms with Gasteiger partial charge in [-0.3, -0.25) is 4.79 Å². The lowest BCUT2D eigenvalue weighted by molar-refractivity contribution is -0.122. The van der Waals surface area contributed by atoms with Crippen LogP contribution < -0.4 is 15.4 Å². The molecule has 0 bridgehead atoms. The molecule has 0 spiro atoms. The van der Waals surface area contributed by atoms with Gasteiger partial charge in [0.15, 0.2) is 0 Å². The molecule has 1 unspecified atom stereocenters. The molecule has 0 aliphatic heterocycles. The van der Waals surface area contributed by atoms with Crippen molar-refractivity contribution in [3.8, 4) is 5.75 Å². The predicted octanol–water partition coefficient (Wildman–Crippen LogP) is 4.07. The lowest BCUT2D eigenvalue weighted by Crippen LogP contribution is -2.29. The van der Waals surface area contributed by atoms with Crippen LogP contribution in [0.25, 0.3) is 11.0 Å². The molecule has 0 saturated heterocycles. The Labute approximate surface area is 217 Å². The van der Waals surface area contributed by atoms with Crippen LogP contribution in [0, 0.1) is 5.92 Å². The van der Waals surface area contributed by atoms with Crippen molar-refractivity contribution in [2.24, 2.45) is 5.92 Å². The minimum absolute atomic E-state index is 0.0330. The van der Waals surface area contributed by atoms with Crippen LogP contribution in [-0.4, -0.2) is 53.9 Å². The van der Waals surface area contributed by atoms with Gasteiger partial charge in [0.2, 0.25) is 5.91 Å². The maximum atomic E-state index is 12.5. The summed E-state index contributed by atoms with van der Waals surface area (Å²) in [5, 5.41) is 7.34. The molecule has 198 valence electrons. The number of hydrogen-bond acceptors (Lipinski definition) is 7. The van der Waals surface area contributed by atoms with Gasteiger partial charge in [0, 0.05) is 24.9 Å². The SMILES string of the molecule is CS(=O)(=O)CCCNC(=O)CC1CCc2[nH]c3ncnc(Nc4ccccc4OC4CCCC4)c3c2C1. The number of para-hydroxylation sites is 2. The molecule has 3 N–H and O–H groups in total. The van der Waals surface area contributed by atoms with Gasteiger partial charge < -0.3 is 20.4 Å². The molecule has 2 aromatic heterocycles. The van der Waals surface area contributed by atoms with Gasteiger partial charge in [0.05, 0.1) is 22.9 Å². The first-order valence-electron chi connectivity index (χ1n) is 13.2. The zero-order valence-corrected chi connectivity index (χ0v) is 22.1. The van der Waals surface area contributed by atoms with Crippen LogP contribution in [0.4, 0.5) is 11.5 Å². The van der Waals surface area contributed by atoms with Crippen LogP contribution in [0.1, 0.15) is 56.2 Å². The number of sulfone groups is 1. The predicted molar refractivity (Wildman–Crippen MR) is 144 cm³/mol. The molecule has 0 radical (unpaired) electrons. The first-order valence-corrected chi connectivity index (χ1v) is 15.2. The second kappa shape index (κ2) is 11.1. The number of ether oxygens (including phenoxy) is 1. The fourth-order valence-electron chi connectivity index (χ4n) is 5.46. The van der Waals surface area contributed by atoms with Crippen molar-refractivity contribution in [3.63, 3.8) is 0 Å². The Morgan fingerprint density at radius 1 is 1.16 bits per heavy atom. The second-order valence-electron chi connectivity index (χ2n) is 10.3. The van der Waals surface area contributed by atoms with Crippen LogP contribution >= 0.6 is 0 Å². The van der Waals surface area contributed by atoms with E-state index in [4.69, 9.17) is 4.74 Å². The number of aromatic amines is 1. The third-order valence-corrected chi connectivity index (χ3v) is 8.33. The quantitative estimate of drug-likeness (QED) is 0.341. The van der Waals surface area contributed by atoms with E-state index in [2.05, 4.69) is 25.6 Å². The molecule has 10 heteroatoms. The van der Waals surface area contributed by atoms with Crippen molar-refractivity contribution in [1.29, 1.82) is 0 Å². The van der Waals surface area contributed by atoms with E-state index in [1.54, 1.807) is 6.33 Å². The number of fused-ring (bicyclic) bond motifs is 3. The summed E-state index contributed by atoms with van der Waals surface area (Å²) in [7, 11) is -3.01. The molecule has 37 heavy (non-hydrogen) atoms. The van der Waals surface area contributed by atoms with Crippen molar-refractivity contribution in [2.75, 3.05) is 23.9 Å². The number of H-pyrrole nitrogens is 1. The van der Waals surface area contributed by atoms with E-state index >= 15 is 0 Å². The molecule has 2 aliphatic rings. The maximum absolute atomic E-state index is 12.5. The Hall–Kier alpha value is -3.14. The topological polar surface area (TPSA) is 126 Å². The highest BCUT2D eigenvalue weighted by atomic mass is 32.2. The van der Waals surface area contributed by atoms with Gasteiger partial charge in [-0.05, 0) is 75.0 Å². The number of carbonyl (C=O) groups excluding carboxylic acids is 1. The molecule has 1 amide bonds. The zero-order valence-electron chi connectivity index (χ0n) is 21.3. The normalized spacial score (nSPS) is 18.0. The van der Waals surface area contributed by atoms with Crippen LogP contribution in [0.3, 0.4) is 0 Å². The smallest absolute Gasteiger partial charge is 0.220 e. The molecular weight excluding hydrogens is 490 g/mol. The molecule has 2 aliphatic carbocycles. The van der Waals surface area contributed by atoms with Crippen molar-refractivity contribution in [1.82, 2.24) is 20.3 Å². The van der Waals surface area contributed by atoms with Crippen molar-refractivity contribution >= 4 is 38.3 Å². The lowest BCUT2D eigenvalue weighted by Gasteiger charge is -2.22. The number of aryl methyl sites for hydroxylation is 1. The fraction of sp³-hybridized carbons (Fsp3) is 0.519. The maximum Gasteiger partial charge on any atom is 0.220 e. The third kappa shape index (κ3) is 6.41. The van der Waals surface area contributed by atoms with Gasteiger partial charge in [-0.2, -0.15) is 0 Å². The summed E-state index contributed by atoms with van der Waals surface area (Å²) < 4.78 is 28.9. The van der Waals surface area contributed by atoms with Crippen LogP contribution in [0.15, 0.2) is 30.6 Å². The monoisotopic (exact) mass is 525 g/mol. The van der Waals surface area contributed by atoms with Gasteiger partial charge in [-0.1, -0.05) is 12.1 Å². The van der Waals surface area contributed by atoms with Crippen LogP contribution in [-0.2, 0) is 27.5 Å². The number of nitrogens with one attached hydrogen (secondary N) is 3. The van der Waals surface area contributed by atoms with Gasteiger partial charge >= 0.3 is 0 Å². The number of carbonyl (C=O) groups is 1. The molecular formula is C27H35N5O4S. The van der Waals surface area contributed by atoms with Crippen molar-refractivity contribution in [2.45, 2.75) is 63.9 Å². The van der Waals surface area contributed by atoms with E-state index in [0.717, 1.165) is 71.6 Å². The summed E-state index contributed by atoms with van der Waals surface area (Å²) in [6.45, 7) is 0.376. The molecule has 1 saturated carbocycles. The first kappa shape index (κ1) is 25.5. The zero-order chi connectivity index (χ0) is 25.8. The third-order valence-electron chi connectivity index (χ3n) is 7.30. The lowest BCUT2D eigenvalue weighted by atomic mass is 9.84. The molecule has 3 aromatic rings. The highest BCUT2D eigenvalue weighted by molar-refractivity contribution is 7.90. The Morgan fingerprint density at radius 2 is 1.97 bits per heavy atom. The number of hydrogen-bond donors (Lipinski definition) is 3. The number of nitrogens with zero attached hydrogens (tertiary/aromatic N) is 2. The summed E-state index contributed by atoms with van der Waals surface area (Å²) in [5.74, 6) is 1.81. The second-order valence-corrected chi connectivity index (χ2v) is 12.6. The van der Waals surface area contributed by atoms with E-state index in [9.17, 15) is 13.2 Å². The Bertz CT molecular complexity index is 1360. The minimum Gasteiger partial charge on any atom is -0.488 e. The summed E-state index contributed by atoms with van der Waals surface area (Å²) in [6.07, 6.45) is 11.0. The highest BCUT2D eigenvalue weighted by Crippen LogP contribution is 2.38. The van der Waals surface area contributed by atoms with Gasteiger partial charge in [-0.15, -0.1) is 0 Å². The molecule has 2 heterocycles. The fourth-order valence-corrected chi connectivity index (χ4v) is 6.13.